The fourth-order valence-electron chi connectivity index (χ4n) is 2.91. The predicted octanol–water partition coefficient (Wildman–Crippen LogP) is 3.50. The molecule has 0 saturated heterocycles. The zero-order chi connectivity index (χ0) is 22.8. The normalized spacial score (nSPS) is 12.3. The number of guanidine groups is 1. The van der Waals surface area contributed by atoms with Crippen LogP contribution in [0, 0.1) is 6.92 Å². The van der Waals surface area contributed by atoms with Gasteiger partial charge in [-0.15, -0.1) is 11.3 Å². The van der Waals surface area contributed by atoms with Crippen molar-refractivity contribution in [1.29, 1.82) is 0 Å². The van der Waals surface area contributed by atoms with Crippen molar-refractivity contribution < 1.29 is 19.0 Å². The minimum atomic E-state index is -0.327. The maximum atomic E-state index is 12.1. The molecule has 2 aromatic rings. The van der Waals surface area contributed by atoms with Crippen LogP contribution in [-0.4, -0.2) is 50.8 Å². The van der Waals surface area contributed by atoms with Crippen molar-refractivity contribution in [2.45, 2.75) is 40.2 Å². The van der Waals surface area contributed by atoms with Gasteiger partial charge in [0.05, 0.1) is 32.6 Å². The first-order valence-corrected chi connectivity index (χ1v) is 11.1. The van der Waals surface area contributed by atoms with Crippen molar-refractivity contribution in [3.05, 3.63) is 39.3 Å². The Morgan fingerprint density at radius 2 is 1.97 bits per heavy atom. The molecule has 1 heterocycles. The van der Waals surface area contributed by atoms with Crippen molar-refractivity contribution in [3.63, 3.8) is 0 Å². The largest absolute Gasteiger partial charge is 0.493 e. The Morgan fingerprint density at radius 1 is 1.23 bits per heavy atom. The molecule has 8 nitrogen and oxygen atoms in total. The number of carbonyl (C=O) groups is 1. The third-order valence-corrected chi connectivity index (χ3v) is 5.78. The highest BCUT2D eigenvalue weighted by Gasteiger charge is 2.20. The van der Waals surface area contributed by atoms with Crippen LogP contribution in [0.2, 0.25) is 0 Å². The van der Waals surface area contributed by atoms with E-state index in [9.17, 15) is 4.79 Å². The lowest BCUT2D eigenvalue weighted by atomic mass is 10.1. The number of carbonyl (C=O) groups excluding carboxylic acids is 1. The first-order valence-electron chi connectivity index (χ1n) is 10.3. The number of nitrogens with zero attached hydrogens (tertiary/aromatic N) is 2. The predicted molar refractivity (Wildman–Crippen MR) is 124 cm³/mol. The highest BCUT2D eigenvalue weighted by molar-refractivity contribution is 7.13. The van der Waals surface area contributed by atoms with Gasteiger partial charge in [-0.05, 0) is 51.8 Å². The number of thiazole rings is 1. The number of hydrogen-bond acceptors (Lipinski definition) is 7. The van der Waals surface area contributed by atoms with Gasteiger partial charge in [-0.1, -0.05) is 6.07 Å². The summed E-state index contributed by atoms with van der Waals surface area (Å²) < 4.78 is 15.8. The Morgan fingerprint density at radius 3 is 2.61 bits per heavy atom. The van der Waals surface area contributed by atoms with Gasteiger partial charge in [0.2, 0.25) is 0 Å². The van der Waals surface area contributed by atoms with E-state index in [2.05, 4.69) is 20.6 Å². The Hall–Kier alpha value is -2.81. The standard InChI is InChI=1S/C22H32N4O4S/c1-7-23-22(24-12-11-16-9-10-17(28-5)18(13-16)29-6)26-15(4)20-25-14(3)19(31-20)21(27)30-8-2/h9-10,13,15H,7-8,11-12H2,1-6H3,(H2,23,24,26). The average molecular weight is 449 g/mol. The zero-order valence-corrected chi connectivity index (χ0v) is 19.9. The summed E-state index contributed by atoms with van der Waals surface area (Å²) in [6.07, 6.45) is 0.759. The number of hydrogen-bond donors (Lipinski definition) is 2. The fourth-order valence-corrected chi connectivity index (χ4v) is 3.87. The molecule has 0 aliphatic heterocycles. The van der Waals surface area contributed by atoms with E-state index in [0.717, 1.165) is 23.5 Å². The summed E-state index contributed by atoms with van der Waals surface area (Å²) >= 11 is 1.35. The first-order chi connectivity index (χ1) is 14.9. The van der Waals surface area contributed by atoms with Crippen LogP contribution < -0.4 is 20.1 Å². The van der Waals surface area contributed by atoms with E-state index in [1.807, 2.05) is 39.0 Å². The fraction of sp³-hybridized carbons (Fsp3) is 0.500. The molecule has 1 unspecified atom stereocenters. The van der Waals surface area contributed by atoms with E-state index in [0.29, 0.717) is 41.2 Å². The lowest BCUT2D eigenvalue weighted by Gasteiger charge is -2.16. The molecule has 0 radical (unpaired) electrons. The van der Waals surface area contributed by atoms with Gasteiger partial charge in [0.1, 0.15) is 9.88 Å². The topological polar surface area (TPSA) is 94.1 Å². The van der Waals surface area contributed by atoms with Crippen LogP contribution in [0.1, 0.15) is 52.7 Å². The van der Waals surface area contributed by atoms with E-state index in [4.69, 9.17) is 14.2 Å². The van der Waals surface area contributed by atoms with Gasteiger partial charge in [-0.25, -0.2) is 9.78 Å². The molecular formula is C22H32N4O4S. The molecule has 1 atom stereocenters. The maximum absolute atomic E-state index is 12.1. The number of methoxy groups -OCH3 is 2. The zero-order valence-electron chi connectivity index (χ0n) is 19.1. The summed E-state index contributed by atoms with van der Waals surface area (Å²) in [6, 6.07) is 5.77. The number of aromatic nitrogens is 1. The number of rotatable bonds is 10. The molecule has 0 bridgehead atoms. The molecule has 9 heteroatoms. The molecule has 1 aromatic heterocycles. The molecule has 0 saturated carbocycles. The second kappa shape index (κ2) is 12.1. The van der Waals surface area contributed by atoms with Gasteiger partial charge in [0.25, 0.3) is 0 Å². The van der Waals surface area contributed by atoms with Crippen LogP contribution in [-0.2, 0) is 11.2 Å². The Kier molecular flexibility index (Phi) is 9.58. The molecule has 1 aromatic carbocycles. The number of esters is 1. The first kappa shape index (κ1) is 24.5. The molecular weight excluding hydrogens is 416 g/mol. The molecule has 2 rings (SSSR count). The molecule has 31 heavy (non-hydrogen) atoms. The van der Waals surface area contributed by atoms with Crippen molar-refractivity contribution in [3.8, 4) is 11.5 Å². The molecule has 0 aliphatic rings. The van der Waals surface area contributed by atoms with Gasteiger partial charge < -0.3 is 24.8 Å². The van der Waals surface area contributed by atoms with Crippen molar-refractivity contribution >= 4 is 23.3 Å². The van der Waals surface area contributed by atoms with E-state index >= 15 is 0 Å². The van der Waals surface area contributed by atoms with Crippen LogP contribution >= 0.6 is 11.3 Å². The second-order valence-electron chi connectivity index (χ2n) is 6.75. The summed E-state index contributed by atoms with van der Waals surface area (Å²) in [7, 11) is 3.25. The molecule has 170 valence electrons. The average Bonchev–Trinajstić information content (AvgIpc) is 3.15. The van der Waals surface area contributed by atoms with Gasteiger partial charge in [0, 0.05) is 13.1 Å². The third kappa shape index (κ3) is 6.85. The van der Waals surface area contributed by atoms with E-state index in [1.165, 1.54) is 11.3 Å². The Balaban J connectivity index is 2.04. The van der Waals surface area contributed by atoms with E-state index < -0.39 is 0 Å². The lowest BCUT2D eigenvalue weighted by Crippen LogP contribution is -2.38. The minimum absolute atomic E-state index is 0.106. The highest BCUT2D eigenvalue weighted by atomic mass is 32.1. The number of aliphatic imine (C=N–C) groups is 1. The van der Waals surface area contributed by atoms with Crippen LogP contribution in [0.5, 0.6) is 11.5 Å². The van der Waals surface area contributed by atoms with Gasteiger partial charge in [0.15, 0.2) is 17.5 Å². The third-order valence-electron chi connectivity index (χ3n) is 4.46. The summed E-state index contributed by atoms with van der Waals surface area (Å²) in [4.78, 5) is 21.8. The van der Waals surface area contributed by atoms with Crippen LogP contribution in [0.3, 0.4) is 0 Å². The number of aryl methyl sites for hydroxylation is 1. The molecule has 0 aliphatic carbocycles. The van der Waals surface area contributed by atoms with Crippen molar-refractivity contribution in [2.75, 3.05) is 33.9 Å². The molecule has 0 spiro atoms. The quantitative estimate of drug-likeness (QED) is 0.326. The van der Waals surface area contributed by atoms with Crippen molar-refractivity contribution in [2.24, 2.45) is 4.99 Å². The number of benzene rings is 1. The number of ether oxygens (including phenoxy) is 3. The van der Waals surface area contributed by atoms with Crippen LogP contribution in [0.4, 0.5) is 0 Å². The maximum Gasteiger partial charge on any atom is 0.350 e. The van der Waals surface area contributed by atoms with Crippen molar-refractivity contribution in [1.82, 2.24) is 15.6 Å². The highest BCUT2D eigenvalue weighted by Crippen LogP contribution is 2.28. The molecule has 2 N–H and O–H groups in total. The summed E-state index contributed by atoms with van der Waals surface area (Å²) in [5, 5.41) is 7.43. The second-order valence-corrected chi connectivity index (χ2v) is 7.78. The SMILES string of the molecule is CCNC(=NCCc1ccc(OC)c(OC)c1)NC(C)c1nc(C)c(C(=O)OCC)s1. The van der Waals surface area contributed by atoms with Gasteiger partial charge in [-0.2, -0.15) is 0 Å². The summed E-state index contributed by atoms with van der Waals surface area (Å²) in [6.45, 7) is 9.30. The van der Waals surface area contributed by atoms with Crippen LogP contribution in [0.25, 0.3) is 0 Å². The monoisotopic (exact) mass is 448 g/mol. The van der Waals surface area contributed by atoms with E-state index in [-0.39, 0.29) is 12.0 Å². The lowest BCUT2D eigenvalue weighted by molar-refractivity contribution is 0.0531. The Bertz CT molecular complexity index is 898. The van der Waals surface area contributed by atoms with E-state index in [1.54, 1.807) is 21.1 Å². The van der Waals surface area contributed by atoms with Crippen LogP contribution in [0.15, 0.2) is 23.2 Å². The smallest absolute Gasteiger partial charge is 0.350 e. The molecule has 0 amide bonds. The molecule has 0 fully saturated rings. The summed E-state index contributed by atoms with van der Waals surface area (Å²) in [5.41, 5.74) is 1.79. The Labute approximate surface area is 188 Å². The summed E-state index contributed by atoms with van der Waals surface area (Å²) in [5.74, 6) is 1.78. The van der Waals surface area contributed by atoms with Gasteiger partial charge >= 0.3 is 5.97 Å². The van der Waals surface area contributed by atoms with Gasteiger partial charge in [-0.3, -0.25) is 4.99 Å². The minimum Gasteiger partial charge on any atom is -0.493 e. The number of nitrogens with one attached hydrogen (secondary N) is 2.